The topological polar surface area (TPSA) is 47.7 Å². The molecule has 0 saturated carbocycles. The van der Waals surface area contributed by atoms with Crippen molar-refractivity contribution in [1.29, 1.82) is 0 Å². The fraction of sp³-hybridized carbons (Fsp3) is 0.304. The molecule has 2 heterocycles. The van der Waals surface area contributed by atoms with Gasteiger partial charge in [-0.2, -0.15) is 0 Å². The van der Waals surface area contributed by atoms with Crippen LogP contribution in [0.2, 0.25) is 0 Å². The summed E-state index contributed by atoms with van der Waals surface area (Å²) < 4.78 is 52.7. The fourth-order valence-electron chi connectivity index (χ4n) is 4.32. The Balaban J connectivity index is 1.50. The van der Waals surface area contributed by atoms with Crippen LogP contribution in [0.4, 0.5) is 18.9 Å². The number of benzene rings is 3. The molecular formula is C23H21F3N2O2. The van der Waals surface area contributed by atoms with Gasteiger partial charge in [-0.25, -0.2) is 13.2 Å². The van der Waals surface area contributed by atoms with Crippen LogP contribution < -0.4 is 15.4 Å². The Hall–Kier alpha value is -2.77. The van der Waals surface area contributed by atoms with Crippen LogP contribution in [-0.2, 0) is 11.2 Å². The second-order valence-corrected chi connectivity index (χ2v) is 7.74. The van der Waals surface area contributed by atoms with E-state index in [2.05, 4.69) is 17.0 Å². The van der Waals surface area contributed by atoms with E-state index in [-0.39, 0.29) is 5.56 Å². The van der Waals surface area contributed by atoms with Crippen molar-refractivity contribution in [1.82, 2.24) is 0 Å². The number of fused-ring (bicyclic) bond motifs is 3. The predicted molar refractivity (Wildman–Crippen MR) is 108 cm³/mol. The number of halogens is 3. The van der Waals surface area contributed by atoms with Crippen molar-refractivity contribution < 1.29 is 22.6 Å². The monoisotopic (exact) mass is 414 g/mol. The number of nitrogens with zero attached hydrogens (tertiary/aromatic N) is 1. The molecular weight excluding hydrogens is 393 g/mol. The number of ether oxygens (including phenoxy) is 2. The van der Waals surface area contributed by atoms with Crippen molar-refractivity contribution >= 4 is 16.5 Å². The average Bonchev–Trinajstić information content (AvgIpc) is 2.76. The van der Waals surface area contributed by atoms with Crippen LogP contribution >= 0.6 is 0 Å². The van der Waals surface area contributed by atoms with E-state index in [1.165, 1.54) is 0 Å². The second kappa shape index (κ2) is 7.49. The predicted octanol–water partition coefficient (Wildman–Crippen LogP) is 4.10. The standard InChI is InChI=1S/C23H21F3N2O2/c24-18-12-20(26)19(25)10-17(18)23-21(27)11-16-15-3-2-14(28-5-7-29-8-6-28)9-13(15)1-4-22(16)30-23/h1-4,9-10,12,21,23H,5-8,11,27H2/t21-,23-/m1/s1. The molecule has 2 atom stereocenters. The zero-order valence-corrected chi connectivity index (χ0v) is 16.2. The smallest absolute Gasteiger partial charge is 0.161 e. The molecule has 0 unspecified atom stereocenters. The molecule has 4 nitrogen and oxygen atoms in total. The lowest BCUT2D eigenvalue weighted by Gasteiger charge is -2.33. The summed E-state index contributed by atoms with van der Waals surface area (Å²) >= 11 is 0. The number of nitrogens with two attached hydrogens (primary N) is 1. The Morgan fingerprint density at radius 1 is 0.900 bits per heavy atom. The summed E-state index contributed by atoms with van der Waals surface area (Å²) in [5.41, 5.74) is 8.29. The number of anilines is 1. The molecule has 3 aromatic carbocycles. The highest BCUT2D eigenvalue weighted by Crippen LogP contribution is 2.40. The zero-order valence-electron chi connectivity index (χ0n) is 16.2. The lowest BCUT2D eigenvalue weighted by Crippen LogP contribution is -2.38. The van der Waals surface area contributed by atoms with Gasteiger partial charge < -0.3 is 20.1 Å². The largest absolute Gasteiger partial charge is 0.484 e. The van der Waals surface area contributed by atoms with Gasteiger partial charge in [0.1, 0.15) is 17.7 Å². The van der Waals surface area contributed by atoms with Gasteiger partial charge in [0, 0.05) is 36.0 Å². The van der Waals surface area contributed by atoms with Crippen LogP contribution in [-0.4, -0.2) is 32.3 Å². The first-order valence-electron chi connectivity index (χ1n) is 9.96. The molecule has 2 N–H and O–H groups in total. The second-order valence-electron chi connectivity index (χ2n) is 7.74. The average molecular weight is 414 g/mol. The van der Waals surface area contributed by atoms with Crippen molar-refractivity contribution in [2.75, 3.05) is 31.2 Å². The molecule has 1 saturated heterocycles. The highest BCUT2D eigenvalue weighted by atomic mass is 19.2. The van der Waals surface area contributed by atoms with Crippen molar-refractivity contribution in [3.8, 4) is 5.75 Å². The molecule has 0 spiro atoms. The minimum atomic E-state index is -1.23. The zero-order chi connectivity index (χ0) is 20.8. The number of morpholine rings is 1. The molecule has 30 heavy (non-hydrogen) atoms. The molecule has 7 heteroatoms. The lowest BCUT2D eigenvalue weighted by molar-refractivity contribution is 0.122. The highest BCUT2D eigenvalue weighted by molar-refractivity contribution is 5.90. The summed E-state index contributed by atoms with van der Waals surface area (Å²) in [6.07, 6.45) is -0.454. The Labute approximate surface area is 172 Å². The van der Waals surface area contributed by atoms with Gasteiger partial charge in [0.05, 0.1) is 19.3 Å². The summed E-state index contributed by atoms with van der Waals surface area (Å²) in [6.45, 7) is 3.14. The van der Waals surface area contributed by atoms with Crippen LogP contribution in [0.3, 0.4) is 0 Å². The van der Waals surface area contributed by atoms with Crippen LogP contribution in [0.5, 0.6) is 5.75 Å². The SMILES string of the molecule is N[C@@H]1Cc2c(ccc3cc(N4CCOCC4)ccc23)O[C@@H]1c1cc(F)c(F)cc1F. The van der Waals surface area contributed by atoms with E-state index in [0.29, 0.717) is 31.5 Å². The molecule has 2 aliphatic rings. The van der Waals surface area contributed by atoms with Crippen molar-refractivity contribution in [2.45, 2.75) is 18.6 Å². The van der Waals surface area contributed by atoms with E-state index in [9.17, 15) is 13.2 Å². The minimum absolute atomic E-state index is 0.0742. The Morgan fingerprint density at radius 3 is 2.47 bits per heavy atom. The maximum Gasteiger partial charge on any atom is 0.161 e. The summed E-state index contributed by atoms with van der Waals surface area (Å²) in [5.74, 6) is -2.64. The molecule has 0 aromatic heterocycles. The Morgan fingerprint density at radius 2 is 1.67 bits per heavy atom. The third-order valence-electron chi connectivity index (χ3n) is 5.88. The Kier molecular flexibility index (Phi) is 4.79. The minimum Gasteiger partial charge on any atom is -0.484 e. The van der Waals surface area contributed by atoms with E-state index in [1.54, 1.807) is 0 Å². The van der Waals surface area contributed by atoms with Gasteiger partial charge in [-0.15, -0.1) is 0 Å². The fourth-order valence-corrected chi connectivity index (χ4v) is 4.32. The summed E-state index contributed by atoms with van der Waals surface area (Å²) in [6, 6.07) is 10.8. The van der Waals surface area contributed by atoms with Crippen LogP contribution in [0.25, 0.3) is 10.8 Å². The van der Waals surface area contributed by atoms with E-state index in [1.807, 2.05) is 18.2 Å². The van der Waals surface area contributed by atoms with Crippen molar-refractivity contribution in [3.63, 3.8) is 0 Å². The molecule has 5 rings (SSSR count). The first kappa shape index (κ1) is 19.2. The van der Waals surface area contributed by atoms with Gasteiger partial charge >= 0.3 is 0 Å². The lowest BCUT2D eigenvalue weighted by atomic mass is 9.90. The summed E-state index contributed by atoms with van der Waals surface area (Å²) in [7, 11) is 0. The van der Waals surface area contributed by atoms with E-state index < -0.39 is 29.6 Å². The van der Waals surface area contributed by atoms with Crippen molar-refractivity contribution in [3.05, 3.63) is 71.0 Å². The van der Waals surface area contributed by atoms with Gasteiger partial charge in [-0.1, -0.05) is 12.1 Å². The van der Waals surface area contributed by atoms with Crippen LogP contribution in [0.15, 0.2) is 42.5 Å². The third kappa shape index (κ3) is 3.28. The number of rotatable bonds is 2. The summed E-state index contributed by atoms with van der Waals surface area (Å²) in [5, 5.41) is 2.08. The van der Waals surface area contributed by atoms with Crippen LogP contribution in [0.1, 0.15) is 17.2 Å². The third-order valence-corrected chi connectivity index (χ3v) is 5.88. The molecule has 0 bridgehead atoms. The normalized spacial score (nSPS) is 21.4. The molecule has 156 valence electrons. The van der Waals surface area contributed by atoms with Gasteiger partial charge in [-0.3, -0.25) is 0 Å². The highest BCUT2D eigenvalue weighted by Gasteiger charge is 2.32. The Bertz CT molecular complexity index is 1120. The number of hydrogen-bond donors (Lipinski definition) is 1. The van der Waals surface area contributed by atoms with Crippen LogP contribution in [0, 0.1) is 17.5 Å². The maximum atomic E-state index is 14.3. The molecule has 0 aliphatic carbocycles. The maximum absolute atomic E-state index is 14.3. The first-order valence-corrected chi connectivity index (χ1v) is 9.96. The van der Waals surface area contributed by atoms with E-state index in [0.717, 1.165) is 41.2 Å². The van der Waals surface area contributed by atoms with Gasteiger partial charge in [0.2, 0.25) is 0 Å². The quantitative estimate of drug-likeness (QED) is 0.642. The summed E-state index contributed by atoms with van der Waals surface area (Å²) in [4.78, 5) is 2.28. The molecule has 2 aliphatic heterocycles. The van der Waals surface area contributed by atoms with Crippen molar-refractivity contribution in [2.24, 2.45) is 5.73 Å². The molecule has 0 radical (unpaired) electrons. The van der Waals surface area contributed by atoms with E-state index >= 15 is 0 Å². The van der Waals surface area contributed by atoms with Gasteiger partial charge in [0.25, 0.3) is 0 Å². The first-order chi connectivity index (χ1) is 14.5. The molecule has 1 fully saturated rings. The van der Waals surface area contributed by atoms with Gasteiger partial charge in [-0.05, 0) is 41.5 Å². The molecule has 0 amide bonds. The molecule has 3 aromatic rings. The van der Waals surface area contributed by atoms with Gasteiger partial charge in [0.15, 0.2) is 11.6 Å². The van der Waals surface area contributed by atoms with E-state index in [4.69, 9.17) is 15.2 Å². The number of hydrogen-bond acceptors (Lipinski definition) is 4.